The van der Waals surface area contributed by atoms with Crippen molar-refractivity contribution < 1.29 is 0 Å². The quantitative estimate of drug-likeness (QED) is 0.706. The fourth-order valence-corrected chi connectivity index (χ4v) is 1.64. The van der Waals surface area contributed by atoms with Gasteiger partial charge in [-0.15, -0.1) is 5.10 Å². The van der Waals surface area contributed by atoms with E-state index in [1.807, 2.05) is 12.1 Å². The Morgan fingerprint density at radius 1 is 1.62 bits per heavy atom. The summed E-state index contributed by atoms with van der Waals surface area (Å²) < 4.78 is 0. The van der Waals surface area contributed by atoms with E-state index in [1.54, 1.807) is 6.20 Å². The van der Waals surface area contributed by atoms with Gasteiger partial charge < -0.3 is 10.2 Å². The van der Waals surface area contributed by atoms with Crippen molar-refractivity contribution in [1.82, 2.24) is 15.5 Å². The van der Waals surface area contributed by atoms with E-state index in [2.05, 4.69) is 27.5 Å². The molecule has 0 aliphatic carbocycles. The van der Waals surface area contributed by atoms with Gasteiger partial charge in [0.2, 0.25) is 0 Å². The predicted octanol–water partition coefficient (Wildman–Crippen LogP) is 0.275. The molecule has 2 heterocycles. The lowest BCUT2D eigenvalue weighted by Crippen LogP contribution is -2.33. The summed E-state index contributed by atoms with van der Waals surface area (Å²) in [5.74, 6) is 0.955. The summed E-state index contributed by atoms with van der Waals surface area (Å²) in [4.78, 5) is 2.19. The summed E-state index contributed by atoms with van der Waals surface area (Å²) >= 11 is 0. The maximum absolute atomic E-state index is 4.07. The zero-order valence-electron chi connectivity index (χ0n) is 7.77. The van der Waals surface area contributed by atoms with Crippen LogP contribution in [-0.2, 0) is 0 Å². The molecule has 0 amide bonds. The number of nitrogens with zero attached hydrogens (tertiary/aromatic N) is 3. The summed E-state index contributed by atoms with van der Waals surface area (Å²) in [5, 5.41) is 11.3. The van der Waals surface area contributed by atoms with Crippen LogP contribution in [-0.4, -0.2) is 36.4 Å². The molecule has 70 valence electrons. The molecule has 4 nitrogen and oxygen atoms in total. The molecule has 0 aromatic carbocycles. The third-order valence-electron chi connectivity index (χ3n) is 2.50. The Balaban J connectivity index is 2.08. The molecule has 1 fully saturated rings. The number of rotatable bonds is 2. The minimum Gasteiger partial charge on any atom is -0.354 e. The van der Waals surface area contributed by atoms with Gasteiger partial charge in [0.05, 0.1) is 0 Å². The second-order valence-electron chi connectivity index (χ2n) is 3.34. The van der Waals surface area contributed by atoms with Crippen LogP contribution in [0.3, 0.4) is 0 Å². The van der Waals surface area contributed by atoms with Crippen LogP contribution in [0.1, 0.15) is 6.42 Å². The van der Waals surface area contributed by atoms with E-state index in [9.17, 15) is 0 Å². The fraction of sp³-hybridized carbons (Fsp3) is 0.556. The highest BCUT2D eigenvalue weighted by Gasteiger charge is 2.19. The van der Waals surface area contributed by atoms with Crippen molar-refractivity contribution >= 4 is 5.82 Å². The lowest BCUT2D eigenvalue weighted by atomic mass is 10.2. The fourth-order valence-electron chi connectivity index (χ4n) is 1.64. The second kappa shape index (κ2) is 3.70. The summed E-state index contributed by atoms with van der Waals surface area (Å²) in [5.41, 5.74) is 0. The van der Waals surface area contributed by atoms with Crippen molar-refractivity contribution in [3.63, 3.8) is 0 Å². The third kappa shape index (κ3) is 1.78. The monoisotopic (exact) mass is 178 g/mol. The Kier molecular flexibility index (Phi) is 2.40. The van der Waals surface area contributed by atoms with Crippen LogP contribution in [0.15, 0.2) is 18.3 Å². The molecular weight excluding hydrogens is 164 g/mol. The number of hydrogen-bond acceptors (Lipinski definition) is 4. The van der Waals surface area contributed by atoms with Crippen molar-refractivity contribution in [1.29, 1.82) is 0 Å². The van der Waals surface area contributed by atoms with E-state index in [-0.39, 0.29) is 0 Å². The van der Waals surface area contributed by atoms with Crippen LogP contribution in [0.2, 0.25) is 0 Å². The molecule has 0 bridgehead atoms. The minimum absolute atomic E-state index is 0.566. The molecule has 1 unspecified atom stereocenters. The van der Waals surface area contributed by atoms with Crippen LogP contribution in [0.4, 0.5) is 5.82 Å². The van der Waals surface area contributed by atoms with E-state index < -0.39 is 0 Å². The number of nitrogens with one attached hydrogen (secondary N) is 1. The summed E-state index contributed by atoms with van der Waals surface area (Å²) in [7, 11) is 2.07. The third-order valence-corrected chi connectivity index (χ3v) is 2.50. The molecule has 1 saturated heterocycles. The molecule has 0 saturated carbocycles. The average Bonchev–Trinajstić information content (AvgIpc) is 2.71. The second-order valence-corrected chi connectivity index (χ2v) is 3.34. The van der Waals surface area contributed by atoms with Crippen molar-refractivity contribution in [2.24, 2.45) is 0 Å². The smallest absolute Gasteiger partial charge is 0.151 e. The zero-order valence-corrected chi connectivity index (χ0v) is 7.77. The zero-order chi connectivity index (χ0) is 9.10. The Morgan fingerprint density at radius 3 is 3.15 bits per heavy atom. The van der Waals surface area contributed by atoms with Gasteiger partial charge in [-0.25, -0.2) is 0 Å². The van der Waals surface area contributed by atoms with Crippen molar-refractivity contribution in [3.05, 3.63) is 18.3 Å². The Hall–Kier alpha value is -1.16. The minimum atomic E-state index is 0.566. The van der Waals surface area contributed by atoms with E-state index in [1.165, 1.54) is 6.42 Å². The molecule has 1 atom stereocenters. The summed E-state index contributed by atoms with van der Waals surface area (Å²) in [6.45, 7) is 2.16. The lowest BCUT2D eigenvalue weighted by Gasteiger charge is -2.23. The molecule has 0 radical (unpaired) electrons. The molecule has 1 N–H and O–H groups in total. The molecular formula is C9H14N4. The van der Waals surface area contributed by atoms with Crippen molar-refractivity contribution in [2.75, 3.05) is 25.0 Å². The average molecular weight is 178 g/mol. The summed E-state index contributed by atoms with van der Waals surface area (Å²) in [6.07, 6.45) is 2.89. The molecule has 1 aromatic rings. The van der Waals surface area contributed by atoms with Gasteiger partial charge in [-0.3, -0.25) is 0 Å². The standard InChI is InChI=1S/C9H14N4/c1-13(8-4-6-10-7-8)9-3-2-5-11-12-9/h2-3,5,8,10H,4,6-7H2,1H3. The first-order valence-corrected chi connectivity index (χ1v) is 4.59. The number of aromatic nitrogens is 2. The Labute approximate surface area is 78.0 Å². The lowest BCUT2D eigenvalue weighted by molar-refractivity contribution is 0.672. The predicted molar refractivity (Wildman–Crippen MR) is 51.7 cm³/mol. The van der Waals surface area contributed by atoms with Gasteiger partial charge in [-0.2, -0.15) is 5.10 Å². The van der Waals surface area contributed by atoms with Crippen LogP contribution in [0.5, 0.6) is 0 Å². The van der Waals surface area contributed by atoms with Gasteiger partial charge in [0.15, 0.2) is 5.82 Å². The first-order chi connectivity index (χ1) is 6.38. The maximum atomic E-state index is 4.07. The van der Waals surface area contributed by atoms with Gasteiger partial charge in [0.1, 0.15) is 0 Å². The van der Waals surface area contributed by atoms with E-state index in [4.69, 9.17) is 0 Å². The van der Waals surface area contributed by atoms with Crippen molar-refractivity contribution in [3.8, 4) is 0 Å². The van der Waals surface area contributed by atoms with E-state index in [0.29, 0.717) is 6.04 Å². The van der Waals surface area contributed by atoms with E-state index >= 15 is 0 Å². The highest BCUT2D eigenvalue weighted by molar-refractivity contribution is 5.36. The SMILES string of the molecule is CN(c1cccnn1)C1CCNC1. The van der Waals surface area contributed by atoms with Crippen LogP contribution < -0.4 is 10.2 Å². The molecule has 1 aliphatic rings. The van der Waals surface area contributed by atoms with Gasteiger partial charge in [0, 0.05) is 25.8 Å². The highest BCUT2D eigenvalue weighted by atomic mass is 15.3. The van der Waals surface area contributed by atoms with Gasteiger partial charge in [0.25, 0.3) is 0 Å². The molecule has 4 heteroatoms. The van der Waals surface area contributed by atoms with Crippen molar-refractivity contribution in [2.45, 2.75) is 12.5 Å². The highest BCUT2D eigenvalue weighted by Crippen LogP contribution is 2.13. The van der Waals surface area contributed by atoms with Crippen LogP contribution >= 0.6 is 0 Å². The first-order valence-electron chi connectivity index (χ1n) is 4.59. The molecule has 13 heavy (non-hydrogen) atoms. The van der Waals surface area contributed by atoms with Crippen LogP contribution in [0, 0.1) is 0 Å². The van der Waals surface area contributed by atoms with Crippen LogP contribution in [0.25, 0.3) is 0 Å². The number of hydrogen-bond donors (Lipinski definition) is 1. The Bertz CT molecular complexity index is 256. The molecule has 1 aliphatic heterocycles. The van der Waals surface area contributed by atoms with E-state index in [0.717, 1.165) is 18.9 Å². The molecule has 1 aromatic heterocycles. The van der Waals surface area contributed by atoms with Gasteiger partial charge >= 0.3 is 0 Å². The molecule has 2 rings (SSSR count). The number of likely N-dealkylation sites (N-methyl/N-ethyl adjacent to an activating group) is 1. The number of anilines is 1. The first kappa shape index (κ1) is 8.44. The summed E-state index contributed by atoms with van der Waals surface area (Å²) in [6, 6.07) is 4.48. The maximum Gasteiger partial charge on any atom is 0.151 e. The molecule has 0 spiro atoms. The van der Waals surface area contributed by atoms with Gasteiger partial charge in [-0.05, 0) is 25.1 Å². The van der Waals surface area contributed by atoms with Gasteiger partial charge in [-0.1, -0.05) is 0 Å². The largest absolute Gasteiger partial charge is 0.354 e. The Morgan fingerprint density at radius 2 is 2.54 bits per heavy atom. The topological polar surface area (TPSA) is 41.1 Å². The normalized spacial score (nSPS) is 21.8.